The topological polar surface area (TPSA) is 6.48 Å². The van der Waals surface area contributed by atoms with Gasteiger partial charge >= 0.3 is 0 Å². The molecule has 0 radical (unpaired) electrons. The maximum atomic E-state index is 2.29. The highest BCUT2D eigenvalue weighted by atomic mass is 15.1. The van der Waals surface area contributed by atoms with Gasteiger partial charge in [0.05, 0.1) is 0 Å². The van der Waals surface area contributed by atoms with Crippen molar-refractivity contribution >= 4 is 22.1 Å². The molecule has 23 heavy (non-hydrogen) atoms. The fourth-order valence-electron chi connectivity index (χ4n) is 2.95. The van der Waals surface area contributed by atoms with Gasteiger partial charge in [-0.15, -0.1) is 0 Å². The van der Waals surface area contributed by atoms with Crippen LogP contribution in [-0.4, -0.2) is 28.2 Å². The summed E-state index contributed by atoms with van der Waals surface area (Å²) in [6, 6.07) is 20.0. The first-order chi connectivity index (χ1) is 11.0. The maximum absolute atomic E-state index is 2.29. The minimum Gasteiger partial charge on any atom is -0.378 e. The number of hydrogen-bond donors (Lipinski definition) is 0. The summed E-state index contributed by atoms with van der Waals surface area (Å²) in [4.78, 5) is 4.27. The lowest BCUT2D eigenvalue weighted by atomic mass is 9.97. The van der Waals surface area contributed by atoms with Gasteiger partial charge in [-0.3, -0.25) is 0 Å². The van der Waals surface area contributed by atoms with Gasteiger partial charge in [0, 0.05) is 39.6 Å². The molecule has 0 saturated carbocycles. The average molecular weight is 304 g/mol. The van der Waals surface area contributed by atoms with E-state index in [2.05, 4.69) is 99.5 Å². The predicted molar refractivity (Wildman–Crippen MR) is 103 cm³/mol. The van der Waals surface area contributed by atoms with E-state index < -0.39 is 0 Å². The molecule has 0 amide bonds. The highest BCUT2D eigenvalue weighted by Crippen LogP contribution is 2.30. The number of benzene rings is 3. The first-order valence-corrected chi connectivity index (χ1v) is 7.95. The van der Waals surface area contributed by atoms with Gasteiger partial charge in [-0.25, -0.2) is 0 Å². The number of fused-ring (bicyclic) bond motifs is 1. The highest BCUT2D eigenvalue weighted by molar-refractivity contribution is 5.92. The zero-order valence-electron chi connectivity index (χ0n) is 14.6. The molecule has 0 unspecified atom stereocenters. The van der Waals surface area contributed by atoms with Gasteiger partial charge in [-0.05, 0) is 64.7 Å². The molecule has 0 aromatic heterocycles. The molecule has 0 bridgehead atoms. The monoisotopic (exact) mass is 304 g/mol. The molecule has 2 heteroatoms. The molecule has 3 aromatic carbocycles. The van der Waals surface area contributed by atoms with Crippen LogP contribution in [0.4, 0.5) is 11.4 Å². The number of anilines is 2. The Morgan fingerprint density at radius 3 is 1.83 bits per heavy atom. The summed E-state index contributed by atoms with van der Waals surface area (Å²) in [6.45, 7) is 2.19. The van der Waals surface area contributed by atoms with Crippen LogP contribution in [0.15, 0.2) is 54.6 Å². The Labute approximate surface area is 139 Å². The lowest BCUT2D eigenvalue weighted by Gasteiger charge is -2.15. The Morgan fingerprint density at radius 1 is 0.609 bits per heavy atom. The van der Waals surface area contributed by atoms with Crippen LogP contribution in [0.25, 0.3) is 21.9 Å². The van der Waals surface area contributed by atoms with E-state index >= 15 is 0 Å². The van der Waals surface area contributed by atoms with Crippen molar-refractivity contribution in [1.29, 1.82) is 0 Å². The Hall–Kier alpha value is -2.48. The van der Waals surface area contributed by atoms with Gasteiger partial charge in [0.1, 0.15) is 0 Å². The van der Waals surface area contributed by atoms with Crippen molar-refractivity contribution in [3.63, 3.8) is 0 Å². The van der Waals surface area contributed by atoms with E-state index in [1.807, 2.05) is 0 Å². The summed E-state index contributed by atoms with van der Waals surface area (Å²) >= 11 is 0. The second kappa shape index (κ2) is 5.96. The quantitative estimate of drug-likeness (QED) is 0.675. The second-order valence-corrected chi connectivity index (χ2v) is 6.53. The first kappa shape index (κ1) is 15.4. The SMILES string of the molecule is Cc1cc(-c2ccc(N(C)C)cc2)cc2cc(N(C)C)ccc12. The predicted octanol–water partition coefficient (Wildman–Crippen LogP) is 4.95. The van der Waals surface area contributed by atoms with Gasteiger partial charge < -0.3 is 9.80 Å². The van der Waals surface area contributed by atoms with Crippen molar-refractivity contribution in [3.8, 4) is 11.1 Å². The summed E-state index contributed by atoms with van der Waals surface area (Å²) in [5.41, 5.74) is 6.31. The zero-order chi connectivity index (χ0) is 16.6. The molecule has 2 nitrogen and oxygen atoms in total. The number of hydrogen-bond acceptors (Lipinski definition) is 2. The van der Waals surface area contributed by atoms with Crippen molar-refractivity contribution in [2.75, 3.05) is 38.0 Å². The van der Waals surface area contributed by atoms with Gasteiger partial charge in [-0.2, -0.15) is 0 Å². The molecule has 0 N–H and O–H groups in total. The number of rotatable bonds is 3. The highest BCUT2D eigenvalue weighted by Gasteiger charge is 2.06. The Balaban J connectivity index is 2.10. The molecule has 0 heterocycles. The second-order valence-electron chi connectivity index (χ2n) is 6.53. The van der Waals surface area contributed by atoms with Gasteiger partial charge in [-0.1, -0.05) is 24.3 Å². The summed E-state index contributed by atoms with van der Waals surface area (Å²) < 4.78 is 0. The molecule has 0 aliphatic carbocycles. The lowest BCUT2D eigenvalue weighted by Crippen LogP contribution is -2.08. The Kier molecular flexibility index (Phi) is 3.99. The largest absolute Gasteiger partial charge is 0.378 e. The van der Waals surface area contributed by atoms with Crippen molar-refractivity contribution in [3.05, 3.63) is 60.2 Å². The molecule has 0 fully saturated rings. The van der Waals surface area contributed by atoms with Crippen LogP contribution in [0, 0.1) is 6.92 Å². The van der Waals surface area contributed by atoms with E-state index in [4.69, 9.17) is 0 Å². The van der Waals surface area contributed by atoms with Crippen LogP contribution < -0.4 is 9.80 Å². The number of nitrogens with zero attached hydrogens (tertiary/aromatic N) is 2. The van der Waals surface area contributed by atoms with Gasteiger partial charge in [0.15, 0.2) is 0 Å². The zero-order valence-corrected chi connectivity index (χ0v) is 14.6. The molecular formula is C21H24N2. The molecule has 118 valence electrons. The fourth-order valence-corrected chi connectivity index (χ4v) is 2.95. The summed E-state index contributed by atoms with van der Waals surface area (Å²) in [5.74, 6) is 0. The van der Waals surface area contributed by atoms with Crippen molar-refractivity contribution in [2.45, 2.75) is 6.92 Å². The third-order valence-electron chi connectivity index (χ3n) is 4.38. The third-order valence-corrected chi connectivity index (χ3v) is 4.38. The van der Waals surface area contributed by atoms with E-state index in [9.17, 15) is 0 Å². The molecule has 0 saturated heterocycles. The van der Waals surface area contributed by atoms with Crippen LogP contribution in [-0.2, 0) is 0 Å². The molecule has 0 aliphatic rings. The van der Waals surface area contributed by atoms with Crippen LogP contribution in [0.3, 0.4) is 0 Å². The first-order valence-electron chi connectivity index (χ1n) is 7.95. The lowest BCUT2D eigenvalue weighted by molar-refractivity contribution is 1.13. The van der Waals surface area contributed by atoms with Gasteiger partial charge in [0.25, 0.3) is 0 Å². The van der Waals surface area contributed by atoms with E-state index in [1.165, 1.54) is 38.8 Å². The van der Waals surface area contributed by atoms with Crippen LogP contribution in [0.1, 0.15) is 5.56 Å². The molecule has 0 aliphatic heterocycles. The molecular weight excluding hydrogens is 280 g/mol. The smallest absolute Gasteiger partial charge is 0.0367 e. The van der Waals surface area contributed by atoms with Crippen molar-refractivity contribution in [1.82, 2.24) is 0 Å². The Bertz CT molecular complexity index is 830. The molecule has 0 spiro atoms. The summed E-state index contributed by atoms with van der Waals surface area (Å²) in [5, 5.41) is 2.62. The minimum atomic E-state index is 1.22. The van der Waals surface area contributed by atoms with Crippen LogP contribution in [0.5, 0.6) is 0 Å². The van der Waals surface area contributed by atoms with Crippen LogP contribution in [0.2, 0.25) is 0 Å². The van der Waals surface area contributed by atoms with E-state index in [0.29, 0.717) is 0 Å². The average Bonchev–Trinajstić information content (AvgIpc) is 2.54. The maximum Gasteiger partial charge on any atom is 0.0367 e. The van der Waals surface area contributed by atoms with E-state index in [-0.39, 0.29) is 0 Å². The Morgan fingerprint density at radius 2 is 1.22 bits per heavy atom. The van der Waals surface area contributed by atoms with Crippen molar-refractivity contribution in [2.24, 2.45) is 0 Å². The van der Waals surface area contributed by atoms with Crippen LogP contribution >= 0.6 is 0 Å². The fraction of sp³-hybridized carbons (Fsp3) is 0.238. The van der Waals surface area contributed by atoms with Gasteiger partial charge in [0.2, 0.25) is 0 Å². The normalized spacial score (nSPS) is 10.8. The summed E-state index contributed by atoms with van der Waals surface area (Å²) in [6.07, 6.45) is 0. The van der Waals surface area contributed by atoms with E-state index in [0.717, 1.165) is 0 Å². The van der Waals surface area contributed by atoms with Crippen molar-refractivity contribution < 1.29 is 0 Å². The standard InChI is InChI=1S/C21H24N2/c1-15-12-17(16-6-8-19(9-7-16)22(2)3)13-18-14-20(23(4)5)10-11-21(15)18/h6-14H,1-5H3. The third kappa shape index (κ3) is 3.02. The molecule has 3 rings (SSSR count). The summed E-state index contributed by atoms with van der Waals surface area (Å²) in [7, 11) is 8.30. The molecule has 0 atom stereocenters. The molecule has 3 aromatic rings. The number of aryl methyl sites for hydroxylation is 1. The minimum absolute atomic E-state index is 1.22. The van der Waals surface area contributed by atoms with E-state index in [1.54, 1.807) is 0 Å².